The molecule has 0 unspecified atom stereocenters. The van der Waals surface area contributed by atoms with Crippen molar-refractivity contribution in [1.29, 1.82) is 0 Å². The molecule has 2 rings (SSSR count). The summed E-state index contributed by atoms with van der Waals surface area (Å²) in [5, 5.41) is 25.1. The van der Waals surface area contributed by atoms with E-state index in [0.717, 1.165) is 5.56 Å². The number of phenolic OH excluding ortho intramolecular Hbond substituents is 1. The van der Waals surface area contributed by atoms with Crippen LogP contribution in [0.4, 0.5) is 10.8 Å². The lowest BCUT2D eigenvalue weighted by atomic mass is 10.2. The van der Waals surface area contributed by atoms with Crippen LogP contribution in [0.25, 0.3) is 0 Å². The quantitative estimate of drug-likeness (QED) is 0.791. The van der Waals surface area contributed by atoms with Gasteiger partial charge in [0.15, 0.2) is 0 Å². The summed E-state index contributed by atoms with van der Waals surface area (Å²) in [5.74, 6) is 0.255. The van der Waals surface area contributed by atoms with Crippen molar-refractivity contribution in [2.45, 2.75) is 6.92 Å². The van der Waals surface area contributed by atoms with Gasteiger partial charge in [-0.3, -0.25) is 0 Å². The number of hydrogen-bond acceptors (Lipinski definition) is 6. The Morgan fingerprint density at radius 1 is 1.33 bits per heavy atom. The van der Waals surface area contributed by atoms with E-state index in [1.807, 2.05) is 0 Å². The first-order valence-corrected chi connectivity index (χ1v) is 5.11. The van der Waals surface area contributed by atoms with Crippen LogP contribution < -0.4 is 0 Å². The minimum atomic E-state index is 0.255. The lowest BCUT2D eigenvalue weighted by Crippen LogP contribution is -1.72. The standard InChI is InChI=1S/C9H8N4OS/c1-6-4-7(2-3-8(6)14)11-13-9-12-10-5-15-9/h2-5,14H,1H3. The highest BCUT2D eigenvalue weighted by molar-refractivity contribution is 7.13. The fraction of sp³-hybridized carbons (Fsp3) is 0.111. The summed E-state index contributed by atoms with van der Waals surface area (Å²) in [6.45, 7) is 1.80. The van der Waals surface area contributed by atoms with Crippen LogP contribution in [0.3, 0.4) is 0 Å². The SMILES string of the molecule is Cc1cc(N=Nc2nncs2)ccc1O. The Bertz CT molecular complexity index is 481. The van der Waals surface area contributed by atoms with Crippen molar-refractivity contribution in [3.63, 3.8) is 0 Å². The molecule has 0 bridgehead atoms. The topological polar surface area (TPSA) is 70.7 Å². The molecule has 5 nitrogen and oxygen atoms in total. The van der Waals surface area contributed by atoms with E-state index in [1.165, 1.54) is 11.3 Å². The van der Waals surface area contributed by atoms with E-state index in [2.05, 4.69) is 20.4 Å². The number of aromatic hydroxyl groups is 1. The Morgan fingerprint density at radius 3 is 2.87 bits per heavy atom. The molecule has 1 heterocycles. The minimum Gasteiger partial charge on any atom is -0.508 e. The molecule has 1 aromatic carbocycles. The van der Waals surface area contributed by atoms with E-state index in [9.17, 15) is 5.11 Å². The van der Waals surface area contributed by atoms with Crippen LogP contribution in [0.1, 0.15) is 5.56 Å². The van der Waals surface area contributed by atoms with Crippen LogP contribution in [-0.4, -0.2) is 15.3 Å². The number of rotatable bonds is 2. The van der Waals surface area contributed by atoms with Crippen molar-refractivity contribution in [1.82, 2.24) is 10.2 Å². The molecule has 0 aliphatic heterocycles. The van der Waals surface area contributed by atoms with Gasteiger partial charge in [0.1, 0.15) is 11.3 Å². The van der Waals surface area contributed by atoms with E-state index >= 15 is 0 Å². The van der Waals surface area contributed by atoms with Crippen LogP contribution in [-0.2, 0) is 0 Å². The van der Waals surface area contributed by atoms with Crippen LogP contribution in [0, 0.1) is 6.92 Å². The summed E-state index contributed by atoms with van der Waals surface area (Å²) in [6, 6.07) is 5.02. The van der Waals surface area contributed by atoms with Crippen molar-refractivity contribution in [2.24, 2.45) is 10.2 Å². The third-order valence-corrected chi connectivity index (χ3v) is 2.35. The van der Waals surface area contributed by atoms with E-state index in [-0.39, 0.29) is 5.75 Å². The summed E-state index contributed by atoms with van der Waals surface area (Å²) in [6.07, 6.45) is 0. The zero-order chi connectivity index (χ0) is 10.7. The van der Waals surface area contributed by atoms with Gasteiger partial charge in [-0.1, -0.05) is 11.3 Å². The second-order valence-corrected chi connectivity index (χ2v) is 3.70. The van der Waals surface area contributed by atoms with Gasteiger partial charge in [0, 0.05) is 0 Å². The molecule has 0 spiro atoms. The van der Waals surface area contributed by atoms with Crippen LogP contribution in [0.15, 0.2) is 33.9 Å². The Kier molecular flexibility index (Phi) is 2.68. The second-order valence-electron chi connectivity index (χ2n) is 2.89. The van der Waals surface area contributed by atoms with Gasteiger partial charge in [-0.15, -0.1) is 20.4 Å². The number of benzene rings is 1. The average molecular weight is 220 g/mol. The number of aromatic nitrogens is 2. The van der Waals surface area contributed by atoms with Gasteiger partial charge < -0.3 is 5.11 Å². The summed E-state index contributed by atoms with van der Waals surface area (Å²) < 4.78 is 0. The molecule has 1 aromatic heterocycles. The molecule has 0 radical (unpaired) electrons. The number of phenols is 1. The molecule has 0 saturated heterocycles. The molecule has 1 N–H and O–H groups in total. The molecule has 0 aliphatic carbocycles. The van der Waals surface area contributed by atoms with Crippen molar-refractivity contribution in [3.05, 3.63) is 29.3 Å². The Hall–Kier alpha value is -1.82. The van der Waals surface area contributed by atoms with E-state index < -0.39 is 0 Å². The number of hydrogen-bond donors (Lipinski definition) is 1. The minimum absolute atomic E-state index is 0.255. The molecular weight excluding hydrogens is 212 g/mol. The highest BCUT2D eigenvalue weighted by atomic mass is 32.1. The van der Waals surface area contributed by atoms with Gasteiger partial charge in [0.25, 0.3) is 5.13 Å². The zero-order valence-corrected chi connectivity index (χ0v) is 8.77. The summed E-state index contributed by atoms with van der Waals surface area (Å²) in [4.78, 5) is 0. The largest absolute Gasteiger partial charge is 0.508 e. The predicted molar refractivity (Wildman–Crippen MR) is 56.9 cm³/mol. The number of aryl methyl sites for hydroxylation is 1. The monoisotopic (exact) mass is 220 g/mol. The fourth-order valence-electron chi connectivity index (χ4n) is 1.01. The van der Waals surface area contributed by atoms with Gasteiger partial charge in [-0.2, -0.15) is 0 Å². The molecule has 2 aromatic rings. The highest BCUT2D eigenvalue weighted by Gasteiger charge is 1.97. The van der Waals surface area contributed by atoms with Crippen molar-refractivity contribution >= 4 is 22.2 Å². The molecule has 0 amide bonds. The van der Waals surface area contributed by atoms with Crippen molar-refractivity contribution < 1.29 is 5.11 Å². The Balaban J connectivity index is 2.21. The number of azo groups is 1. The summed E-state index contributed by atoms with van der Waals surface area (Å²) in [5.41, 5.74) is 3.04. The Morgan fingerprint density at radius 2 is 2.20 bits per heavy atom. The fourth-order valence-corrected chi connectivity index (χ4v) is 1.38. The maximum Gasteiger partial charge on any atom is 0.251 e. The predicted octanol–water partition coefficient (Wildman–Crippen LogP) is 2.97. The van der Waals surface area contributed by atoms with Crippen molar-refractivity contribution in [2.75, 3.05) is 0 Å². The van der Waals surface area contributed by atoms with Gasteiger partial charge in [0.05, 0.1) is 5.69 Å². The van der Waals surface area contributed by atoms with Crippen LogP contribution in [0.5, 0.6) is 5.75 Å². The molecule has 76 valence electrons. The maximum absolute atomic E-state index is 9.30. The van der Waals surface area contributed by atoms with E-state index in [4.69, 9.17) is 0 Å². The molecule has 0 fully saturated rings. The zero-order valence-electron chi connectivity index (χ0n) is 7.95. The molecule has 6 heteroatoms. The van der Waals surface area contributed by atoms with Gasteiger partial charge >= 0.3 is 0 Å². The average Bonchev–Trinajstić information content (AvgIpc) is 2.73. The molecule has 15 heavy (non-hydrogen) atoms. The first kappa shape index (κ1) is 9.72. The smallest absolute Gasteiger partial charge is 0.251 e. The maximum atomic E-state index is 9.30. The second kappa shape index (κ2) is 4.14. The summed E-state index contributed by atoms with van der Waals surface area (Å²) in [7, 11) is 0. The molecule has 0 aliphatic rings. The van der Waals surface area contributed by atoms with Gasteiger partial charge in [0.2, 0.25) is 0 Å². The third-order valence-electron chi connectivity index (χ3n) is 1.78. The normalized spacial score (nSPS) is 11.0. The summed E-state index contributed by atoms with van der Waals surface area (Å²) >= 11 is 1.32. The highest BCUT2D eigenvalue weighted by Crippen LogP contribution is 2.24. The first-order valence-electron chi connectivity index (χ1n) is 4.23. The lowest BCUT2D eigenvalue weighted by Gasteiger charge is -1.97. The van der Waals surface area contributed by atoms with Gasteiger partial charge in [-0.05, 0) is 30.7 Å². The third kappa shape index (κ3) is 2.35. The molecular formula is C9H8N4OS. The molecule has 0 atom stereocenters. The van der Waals surface area contributed by atoms with Gasteiger partial charge in [-0.25, -0.2) is 0 Å². The van der Waals surface area contributed by atoms with Crippen molar-refractivity contribution in [3.8, 4) is 5.75 Å². The van der Waals surface area contributed by atoms with Crippen LogP contribution >= 0.6 is 11.3 Å². The Labute approximate surface area is 90.1 Å². The lowest BCUT2D eigenvalue weighted by molar-refractivity contribution is 0.471. The van der Waals surface area contributed by atoms with E-state index in [0.29, 0.717) is 10.8 Å². The van der Waals surface area contributed by atoms with Crippen LogP contribution in [0.2, 0.25) is 0 Å². The molecule has 0 saturated carbocycles. The first-order chi connectivity index (χ1) is 7.25. The van der Waals surface area contributed by atoms with E-state index in [1.54, 1.807) is 30.6 Å². The number of nitrogens with zero attached hydrogens (tertiary/aromatic N) is 4.